The second-order valence-electron chi connectivity index (χ2n) is 7.50. The van der Waals surface area contributed by atoms with Gasteiger partial charge in [-0.25, -0.2) is 4.79 Å². The number of nitrogens with one attached hydrogen (secondary N) is 2. The first-order valence-corrected chi connectivity index (χ1v) is 8.41. The molecule has 1 saturated carbocycles. The summed E-state index contributed by atoms with van der Waals surface area (Å²) in [6.07, 6.45) is 6.09. The summed E-state index contributed by atoms with van der Waals surface area (Å²) < 4.78 is 5.33. The van der Waals surface area contributed by atoms with Gasteiger partial charge in [-0.3, -0.25) is 4.98 Å². The Hall–Kier alpha value is -1.62. The average Bonchev–Trinajstić information content (AvgIpc) is 2.92. The third-order valence-electron chi connectivity index (χ3n) is 4.17. The van der Waals surface area contributed by atoms with Crippen LogP contribution in [-0.4, -0.2) is 28.8 Å². The minimum Gasteiger partial charge on any atom is -0.444 e. The highest BCUT2D eigenvalue weighted by Crippen LogP contribution is 2.29. The van der Waals surface area contributed by atoms with Gasteiger partial charge in [0.25, 0.3) is 0 Å². The van der Waals surface area contributed by atoms with E-state index in [-0.39, 0.29) is 11.6 Å². The fourth-order valence-electron chi connectivity index (χ4n) is 2.92. The molecule has 0 aromatic carbocycles. The van der Waals surface area contributed by atoms with Crippen LogP contribution in [-0.2, 0) is 11.3 Å². The number of carbonyl (C=O) groups is 1. The number of rotatable bonds is 5. The quantitative estimate of drug-likeness (QED) is 0.874. The molecule has 5 nitrogen and oxygen atoms in total. The van der Waals surface area contributed by atoms with Crippen LogP contribution in [0, 0.1) is 6.92 Å². The zero-order valence-electron chi connectivity index (χ0n) is 14.7. The van der Waals surface area contributed by atoms with Crippen LogP contribution in [0.3, 0.4) is 0 Å². The van der Waals surface area contributed by atoms with Crippen LogP contribution in [0.2, 0.25) is 0 Å². The van der Waals surface area contributed by atoms with Gasteiger partial charge in [0.05, 0.1) is 0 Å². The normalized spacial score (nSPS) is 17.0. The topological polar surface area (TPSA) is 63.2 Å². The highest BCUT2D eigenvalue weighted by molar-refractivity contribution is 5.67. The van der Waals surface area contributed by atoms with Gasteiger partial charge >= 0.3 is 6.09 Å². The fourth-order valence-corrected chi connectivity index (χ4v) is 2.92. The Kier molecular flexibility index (Phi) is 5.63. The van der Waals surface area contributed by atoms with Crippen molar-refractivity contribution in [3.05, 3.63) is 29.6 Å². The zero-order chi connectivity index (χ0) is 16.9. The molecule has 2 rings (SSSR count). The molecule has 0 bridgehead atoms. The smallest absolute Gasteiger partial charge is 0.407 e. The summed E-state index contributed by atoms with van der Waals surface area (Å²) in [6, 6.07) is 4.12. The van der Waals surface area contributed by atoms with E-state index in [1.807, 2.05) is 40.0 Å². The predicted octanol–water partition coefficient (Wildman–Crippen LogP) is 3.32. The molecule has 2 N–H and O–H groups in total. The number of alkyl carbamates (subject to hydrolysis) is 1. The fraction of sp³-hybridized carbons (Fsp3) is 0.667. The molecular formula is C18H29N3O2. The number of amides is 1. The van der Waals surface area contributed by atoms with Gasteiger partial charge in [-0.1, -0.05) is 18.9 Å². The highest BCUT2D eigenvalue weighted by atomic mass is 16.6. The second-order valence-corrected chi connectivity index (χ2v) is 7.50. The summed E-state index contributed by atoms with van der Waals surface area (Å²) >= 11 is 0. The first kappa shape index (κ1) is 17.7. The number of aryl methyl sites for hydroxylation is 1. The van der Waals surface area contributed by atoms with Gasteiger partial charge in [0, 0.05) is 30.5 Å². The Morgan fingerprint density at radius 1 is 1.30 bits per heavy atom. The molecule has 0 spiro atoms. The Morgan fingerprint density at radius 3 is 2.57 bits per heavy atom. The number of carbonyl (C=O) groups excluding carboxylic acids is 1. The molecule has 0 atom stereocenters. The Bertz CT molecular complexity index is 514. The first-order valence-electron chi connectivity index (χ1n) is 8.41. The van der Waals surface area contributed by atoms with Crippen molar-refractivity contribution in [1.29, 1.82) is 0 Å². The van der Waals surface area contributed by atoms with Gasteiger partial charge in [-0.2, -0.15) is 0 Å². The van der Waals surface area contributed by atoms with Gasteiger partial charge in [-0.15, -0.1) is 0 Å². The van der Waals surface area contributed by atoms with Crippen LogP contribution in [0.4, 0.5) is 4.79 Å². The third-order valence-corrected chi connectivity index (χ3v) is 4.17. The molecule has 1 heterocycles. The van der Waals surface area contributed by atoms with Crippen molar-refractivity contribution in [2.45, 2.75) is 71.1 Å². The summed E-state index contributed by atoms with van der Waals surface area (Å²) in [5, 5.41) is 6.57. The van der Waals surface area contributed by atoms with E-state index in [0.717, 1.165) is 25.1 Å². The SMILES string of the molecule is Cc1ccc(CNC2(CNC(=O)OC(C)(C)C)CCCC2)cn1. The molecule has 23 heavy (non-hydrogen) atoms. The molecular weight excluding hydrogens is 290 g/mol. The van der Waals surface area contributed by atoms with Gasteiger partial charge in [0.2, 0.25) is 0 Å². The Morgan fingerprint density at radius 2 is 2.00 bits per heavy atom. The highest BCUT2D eigenvalue weighted by Gasteiger charge is 2.34. The molecule has 1 aliphatic rings. The lowest BCUT2D eigenvalue weighted by atomic mass is 9.97. The average molecular weight is 319 g/mol. The summed E-state index contributed by atoms with van der Waals surface area (Å²) in [6.45, 7) is 8.98. The minimum atomic E-state index is -0.464. The zero-order valence-corrected chi connectivity index (χ0v) is 14.7. The summed E-state index contributed by atoms with van der Waals surface area (Å²) in [7, 11) is 0. The van der Waals surface area contributed by atoms with Crippen LogP contribution >= 0.6 is 0 Å². The lowest BCUT2D eigenvalue weighted by molar-refractivity contribution is 0.0509. The molecule has 0 unspecified atom stereocenters. The summed E-state index contributed by atoms with van der Waals surface area (Å²) in [5.41, 5.74) is 1.69. The molecule has 1 aliphatic carbocycles. The molecule has 5 heteroatoms. The monoisotopic (exact) mass is 319 g/mol. The van der Waals surface area contributed by atoms with Gasteiger partial charge in [0.1, 0.15) is 5.60 Å². The molecule has 1 aromatic rings. The van der Waals surface area contributed by atoms with Gasteiger partial charge in [0.15, 0.2) is 0 Å². The Balaban J connectivity index is 1.88. The van der Waals surface area contributed by atoms with Crippen molar-refractivity contribution in [3.8, 4) is 0 Å². The number of nitrogens with zero attached hydrogens (tertiary/aromatic N) is 1. The second kappa shape index (κ2) is 7.30. The Labute approximate surface area is 139 Å². The first-order chi connectivity index (χ1) is 10.8. The third kappa shape index (κ3) is 5.82. The van der Waals surface area contributed by atoms with Crippen LogP contribution < -0.4 is 10.6 Å². The molecule has 1 amide bonds. The van der Waals surface area contributed by atoms with Crippen molar-refractivity contribution >= 4 is 6.09 Å². The van der Waals surface area contributed by atoms with E-state index in [1.54, 1.807) is 0 Å². The summed E-state index contributed by atoms with van der Waals surface area (Å²) in [4.78, 5) is 16.2. The van der Waals surface area contributed by atoms with E-state index in [9.17, 15) is 4.79 Å². The lowest BCUT2D eigenvalue weighted by Crippen LogP contribution is -2.52. The van der Waals surface area contributed by atoms with E-state index in [4.69, 9.17) is 4.74 Å². The number of pyridine rings is 1. The van der Waals surface area contributed by atoms with Crippen LogP contribution in [0.1, 0.15) is 57.7 Å². The van der Waals surface area contributed by atoms with E-state index in [1.165, 1.54) is 18.4 Å². The maximum Gasteiger partial charge on any atom is 0.407 e. The van der Waals surface area contributed by atoms with E-state index in [0.29, 0.717) is 6.54 Å². The van der Waals surface area contributed by atoms with Crippen molar-refractivity contribution in [1.82, 2.24) is 15.6 Å². The van der Waals surface area contributed by atoms with Crippen LogP contribution in [0.25, 0.3) is 0 Å². The number of ether oxygens (including phenoxy) is 1. The molecule has 1 aromatic heterocycles. The summed E-state index contributed by atoms with van der Waals surface area (Å²) in [5.74, 6) is 0. The molecule has 128 valence electrons. The maximum atomic E-state index is 11.9. The van der Waals surface area contributed by atoms with Crippen molar-refractivity contribution in [2.75, 3.05) is 6.54 Å². The van der Waals surface area contributed by atoms with Crippen LogP contribution in [0.15, 0.2) is 18.3 Å². The number of hydrogen-bond donors (Lipinski definition) is 2. The molecule has 1 fully saturated rings. The van der Waals surface area contributed by atoms with E-state index in [2.05, 4.69) is 21.7 Å². The van der Waals surface area contributed by atoms with E-state index >= 15 is 0 Å². The van der Waals surface area contributed by atoms with Crippen molar-refractivity contribution < 1.29 is 9.53 Å². The largest absolute Gasteiger partial charge is 0.444 e. The number of hydrogen-bond acceptors (Lipinski definition) is 4. The predicted molar refractivity (Wildman–Crippen MR) is 91.2 cm³/mol. The molecule has 0 radical (unpaired) electrons. The van der Waals surface area contributed by atoms with Crippen molar-refractivity contribution in [2.24, 2.45) is 0 Å². The van der Waals surface area contributed by atoms with Crippen LogP contribution in [0.5, 0.6) is 0 Å². The lowest BCUT2D eigenvalue weighted by Gasteiger charge is -2.31. The molecule has 0 aliphatic heterocycles. The molecule has 0 saturated heterocycles. The van der Waals surface area contributed by atoms with Gasteiger partial charge < -0.3 is 15.4 Å². The minimum absolute atomic E-state index is 0.0399. The van der Waals surface area contributed by atoms with Crippen molar-refractivity contribution in [3.63, 3.8) is 0 Å². The maximum absolute atomic E-state index is 11.9. The van der Waals surface area contributed by atoms with Gasteiger partial charge in [-0.05, 0) is 52.2 Å². The number of aromatic nitrogens is 1. The van der Waals surface area contributed by atoms with E-state index < -0.39 is 5.60 Å². The standard InChI is InChI=1S/C18H29N3O2/c1-14-7-8-15(11-19-14)12-21-18(9-5-6-10-18)13-20-16(22)23-17(2,3)4/h7-8,11,21H,5-6,9-10,12-13H2,1-4H3,(H,20,22).